The summed E-state index contributed by atoms with van der Waals surface area (Å²) in [5, 5.41) is 0. The summed E-state index contributed by atoms with van der Waals surface area (Å²) in [5.41, 5.74) is -4.33. The van der Waals surface area contributed by atoms with E-state index in [2.05, 4.69) is 0 Å². The second-order valence-electron chi connectivity index (χ2n) is 6.41. The van der Waals surface area contributed by atoms with E-state index >= 15 is 0 Å². The molecule has 0 amide bonds. The lowest BCUT2D eigenvalue weighted by molar-refractivity contribution is -0.470. The minimum atomic E-state index is -9.20. The first kappa shape index (κ1) is 35.6. The van der Waals surface area contributed by atoms with E-state index in [9.17, 15) is 106 Å². The number of rotatable bonds is 10. The van der Waals surface area contributed by atoms with E-state index in [4.69, 9.17) is 0 Å². The molecule has 0 aliphatic carbocycles. The Kier molecular flexibility index (Phi) is 8.77. The normalized spacial score (nSPS) is 15.6. The zero-order valence-corrected chi connectivity index (χ0v) is 16.1. The van der Waals surface area contributed by atoms with Crippen molar-refractivity contribution >= 4 is 5.97 Å². The largest absolute Gasteiger partial charge is 0.473 e. The molecule has 0 atom stereocenters. The quantitative estimate of drug-likeness (QED) is 0.142. The second kappa shape index (κ2) is 9.36. The number of hydrogen-bond acceptors (Lipinski definition) is 2. The molecule has 0 spiro atoms. The van der Waals surface area contributed by atoms with Crippen molar-refractivity contribution in [3.8, 4) is 0 Å². The molecular formula is C13HF23O2. The topological polar surface area (TPSA) is 26.3 Å². The molecule has 0 aromatic rings. The van der Waals surface area contributed by atoms with Gasteiger partial charge in [0.25, 0.3) is 6.08 Å². The fraction of sp³-hybridized carbons (Fsp3) is 0.769. The molecule has 0 fully saturated rings. The van der Waals surface area contributed by atoms with Crippen molar-refractivity contribution in [3.05, 3.63) is 11.7 Å². The second-order valence-corrected chi connectivity index (χ2v) is 6.41. The van der Waals surface area contributed by atoms with Crippen LogP contribution in [0.15, 0.2) is 11.7 Å². The highest BCUT2D eigenvalue weighted by Crippen LogP contribution is 2.64. The van der Waals surface area contributed by atoms with Crippen molar-refractivity contribution in [2.75, 3.05) is 0 Å². The Balaban J connectivity index is 6.90. The average molecular weight is 626 g/mol. The van der Waals surface area contributed by atoms with Crippen LogP contribution in [0.5, 0.6) is 0 Å². The summed E-state index contributed by atoms with van der Waals surface area (Å²) < 4.78 is 297. The molecule has 0 aromatic carbocycles. The lowest BCUT2D eigenvalue weighted by atomic mass is 9.89. The number of esters is 1. The zero-order valence-electron chi connectivity index (χ0n) is 16.1. The van der Waals surface area contributed by atoms with Crippen LogP contribution in [0.3, 0.4) is 0 Å². The van der Waals surface area contributed by atoms with Gasteiger partial charge in [0.1, 0.15) is 0 Å². The van der Waals surface area contributed by atoms with Crippen molar-refractivity contribution in [2.24, 2.45) is 0 Å². The summed E-state index contributed by atoms with van der Waals surface area (Å²) in [6.45, 7) is 0. The van der Waals surface area contributed by atoms with E-state index in [0.717, 1.165) is 0 Å². The van der Waals surface area contributed by atoms with Gasteiger partial charge in [0.15, 0.2) is 0 Å². The molecule has 2 nitrogen and oxygen atoms in total. The number of ether oxygens (including phenoxy) is 1. The molecule has 25 heteroatoms. The maximum absolute atomic E-state index is 13.4. The molecule has 0 bridgehead atoms. The average Bonchev–Trinajstić information content (AvgIpc) is 2.64. The lowest BCUT2D eigenvalue weighted by Crippen LogP contribution is -2.75. The fourth-order valence-electron chi connectivity index (χ4n) is 1.85. The third-order valence-corrected chi connectivity index (χ3v) is 3.93. The van der Waals surface area contributed by atoms with E-state index < -0.39 is 77.8 Å². The van der Waals surface area contributed by atoms with Crippen molar-refractivity contribution in [1.29, 1.82) is 0 Å². The van der Waals surface area contributed by atoms with E-state index in [1.807, 2.05) is 0 Å². The van der Waals surface area contributed by atoms with Gasteiger partial charge < -0.3 is 4.74 Å². The summed E-state index contributed by atoms with van der Waals surface area (Å²) in [6.07, 6.45) is -25.6. The molecule has 0 rings (SSSR count). The first-order valence-corrected chi connectivity index (χ1v) is 7.81. The zero-order chi connectivity index (χ0) is 31.5. The van der Waals surface area contributed by atoms with Gasteiger partial charge in [0.2, 0.25) is 5.57 Å². The minimum absolute atomic E-state index is 1.59. The van der Waals surface area contributed by atoms with Crippen LogP contribution in [-0.4, -0.2) is 66.1 Å². The molecular weight excluding hydrogens is 625 g/mol. The standard InChI is InChI=1S/C13HF23O2/c14-2(15)1(6(20,21)22)3(37)38-13(35,36)12(33,34)11(31,32)10(29,30)9(27,28)8(25,26)7(23,24)5(18,19)4(16)17/h4H. The first-order chi connectivity index (χ1) is 16.1. The van der Waals surface area contributed by atoms with Gasteiger partial charge in [0.05, 0.1) is 0 Å². The van der Waals surface area contributed by atoms with Crippen LogP contribution < -0.4 is 0 Å². The summed E-state index contributed by atoms with van der Waals surface area (Å²) in [6, 6.07) is 0. The molecule has 0 unspecified atom stereocenters. The van der Waals surface area contributed by atoms with Gasteiger partial charge in [0, 0.05) is 0 Å². The van der Waals surface area contributed by atoms with E-state index in [-0.39, 0.29) is 0 Å². The number of carbonyl (C=O) groups excluding carboxylic acids is 1. The summed E-state index contributed by atoms with van der Waals surface area (Å²) in [4.78, 5) is 10.7. The predicted octanol–water partition coefficient (Wildman–Crippen LogP) is 7.55. The fourth-order valence-corrected chi connectivity index (χ4v) is 1.85. The van der Waals surface area contributed by atoms with Gasteiger partial charge in [-0.05, 0) is 0 Å². The highest BCUT2D eigenvalue weighted by Gasteiger charge is 2.96. The van der Waals surface area contributed by atoms with Gasteiger partial charge in [-0.25, -0.2) is 13.6 Å². The summed E-state index contributed by atoms with van der Waals surface area (Å²) in [7, 11) is 0. The molecule has 0 N–H and O–H groups in total. The van der Waals surface area contributed by atoms with Crippen LogP contribution in [-0.2, 0) is 9.53 Å². The van der Waals surface area contributed by atoms with Crippen LogP contribution in [0.4, 0.5) is 101 Å². The molecule has 0 radical (unpaired) electrons. The van der Waals surface area contributed by atoms with Crippen molar-refractivity contribution in [1.82, 2.24) is 0 Å². The molecule has 38 heavy (non-hydrogen) atoms. The van der Waals surface area contributed by atoms with Crippen molar-refractivity contribution in [3.63, 3.8) is 0 Å². The first-order valence-electron chi connectivity index (χ1n) is 7.81. The SMILES string of the molecule is O=C(OC(F)(F)C(F)(F)C(F)(F)C(F)(F)C(F)(F)C(F)(F)C(F)(F)C(F)(F)C(F)F)C(=C(F)F)C(F)(F)F. The molecule has 0 saturated heterocycles. The van der Waals surface area contributed by atoms with Crippen LogP contribution in [0.2, 0.25) is 0 Å². The third kappa shape index (κ3) is 4.87. The predicted molar refractivity (Wildman–Crippen MR) is 67.0 cm³/mol. The van der Waals surface area contributed by atoms with Gasteiger partial charge in [-0.3, -0.25) is 0 Å². The molecule has 0 heterocycles. The Morgan fingerprint density at radius 1 is 0.500 bits per heavy atom. The van der Waals surface area contributed by atoms with E-state index in [1.165, 1.54) is 0 Å². The molecule has 226 valence electrons. The van der Waals surface area contributed by atoms with Gasteiger partial charge >= 0.3 is 66.1 Å². The molecule has 0 saturated carbocycles. The Morgan fingerprint density at radius 2 is 0.789 bits per heavy atom. The van der Waals surface area contributed by atoms with Gasteiger partial charge in [-0.2, -0.15) is 92.2 Å². The van der Waals surface area contributed by atoms with E-state index in [1.54, 1.807) is 4.74 Å². The number of hydrogen-bond donors (Lipinski definition) is 0. The Hall–Kier alpha value is -2.40. The van der Waals surface area contributed by atoms with Gasteiger partial charge in [-0.15, -0.1) is 0 Å². The maximum Gasteiger partial charge on any atom is 0.473 e. The maximum atomic E-state index is 13.4. The Labute approximate surface area is 190 Å². The number of carbonyl (C=O) groups is 1. The summed E-state index contributed by atoms with van der Waals surface area (Å²) >= 11 is 0. The number of alkyl halides is 21. The lowest BCUT2D eigenvalue weighted by Gasteiger charge is -2.43. The highest BCUT2D eigenvalue weighted by molar-refractivity contribution is 5.90. The Morgan fingerprint density at radius 3 is 1.05 bits per heavy atom. The molecule has 0 aromatic heterocycles. The van der Waals surface area contributed by atoms with E-state index in [0.29, 0.717) is 0 Å². The Bertz CT molecular complexity index is 920. The van der Waals surface area contributed by atoms with Crippen LogP contribution >= 0.6 is 0 Å². The monoisotopic (exact) mass is 626 g/mol. The number of halogens is 23. The smallest absolute Gasteiger partial charge is 0.392 e. The summed E-state index contributed by atoms with van der Waals surface area (Å²) in [5.74, 6) is -66.1. The van der Waals surface area contributed by atoms with Gasteiger partial charge in [-0.1, -0.05) is 0 Å². The third-order valence-electron chi connectivity index (χ3n) is 3.93. The van der Waals surface area contributed by atoms with Crippen molar-refractivity contribution in [2.45, 2.75) is 60.2 Å². The van der Waals surface area contributed by atoms with Crippen LogP contribution in [0.1, 0.15) is 0 Å². The van der Waals surface area contributed by atoms with Crippen molar-refractivity contribution < 1.29 is 111 Å². The van der Waals surface area contributed by atoms with Crippen LogP contribution in [0, 0.1) is 0 Å². The minimum Gasteiger partial charge on any atom is -0.392 e. The molecule has 0 aliphatic rings. The highest BCUT2D eigenvalue weighted by atomic mass is 19.4. The van der Waals surface area contributed by atoms with Crippen LogP contribution in [0.25, 0.3) is 0 Å². The molecule has 0 aliphatic heterocycles.